The van der Waals surface area contributed by atoms with Gasteiger partial charge in [-0.3, -0.25) is 4.90 Å². The first-order valence-electron chi connectivity index (χ1n) is 7.24. The predicted octanol–water partition coefficient (Wildman–Crippen LogP) is 2.71. The second-order valence-corrected chi connectivity index (χ2v) is 5.83. The molecule has 5 nitrogen and oxygen atoms in total. The molecular weight excluding hydrogens is 274 g/mol. The smallest absolute Gasteiger partial charge is 0.121 e. The number of aromatic amines is 1. The van der Waals surface area contributed by atoms with E-state index in [-0.39, 0.29) is 0 Å². The minimum Gasteiger partial charge on any atom is -0.342 e. The molecule has 0 aliphatic heterocycles. The van der Waals surface area contributed by atoms with Gasteiger partial charge in [-0.2, -0.15) is 5.26 Å². The van der Waals surface area contributed by atoms with E-state index in [0.717, 1.165) is 35.5 Å². The maximum Gasteiger partial charge on any atom is 0.121 e. The number of hydrogen-bond acceptors (Lipinski definition) is 3. The van der Waals surface area contributed by atoms with Crippen LogP contribution < -0.4 is 0 Å². The van der Waals surface area contributed by atoms with Crippen LogP contribution in [0.25, 0.3) is 11.0 Å². The van der Waals surface area contributed by atoms with Gasteiger partial charge in [0.1, 0.15) is 17.6 Å². The van der Waals surface area contributed by atoms with Crippen molar-refractivity contribution >= 4 is 11.0 Å². The fraction of sp³-hybridized carbons (Fsp3) is 0.294. The summed E-state index contributed by atoms with van der Waals surface area (Å²) >= 11 is 0. The number of benzene rings is 1. The third kappa shape index (κ3) is 2.87. The summed E-state index contributed by atoms with van der Waals surface area (Å²) in [6.07, 6.45) is 2.00. The van der Waals surface area contributed by atoms with Crippen LogP contribution in [-0.2, 0) is 20.1 Å². The Hall–Kier alpha value is -2.58. The molecule has 0 amide bonds. The van der Waals surface area contributed by atoms with Gasteiger partial charge in [-0.25, -0.2) is 4.98 Å². The number of aromatic nitrogens is 3. The first-order valence-corrected chi connectivity index (χ1v) is 7.24. The van der Waals surface area contributed by atoms with Crippen LogP contribution in [-0.4, -0.2) is 26.5 Å². The molecule has 0 radical (unpaired) electrons. The highest BCUT2D eigenvalue weighted by molar-refractivity contribution is 5.75. The van der Waals surface area contributed by atoms with Gasteiger partial charge in [-0.15, -0.1) is 0 Å². The molecule has 0 aliphatic carbocycles. The summed E-state index contributed by atoms with van der Waals surface area (Å²) in [6, 6.07) is 10.3. The Kier molecular flexibility index (Phi) is 3.70. The lowest BCUT2D eigenvalue weighted by Crippen LogP contribution is -2.17. The van der Waals surface area contributed by atoms with Crippen molar-refractivity contribution in [3.63, 3.8) is 0 Å². The molecule has 0 spiro atoms. The lowest BCUT2D eigenvalue weighted by molar-refractivity contribution is 0.312. The SMILES string of the molecule is Cc1ccc2nc(CN(C)Cc3cc(C#N)n(C)c3)[nH]c2c1. The van der Waals surface area contributed by atoms with Crippen molar-refractivity contribution in [3.05, 3.63) is 53.1 Å². The summed E-state index contributed by atoms with van der Waals surface area (Å²) in [5.74, 6) is 0.958. The van der Waals surface area contributed by atoms with Crippen LogP contribution >= 0.6 is 0 Å². The number of nitriles is 1. The normalized spacial score (nSPS) is 11.2. The Bertz CT molecular complexity index is 850. The molecule has 1 aromatic carbocycles. The van der Waals surface area contributed by atoms with Gasteiger partial charge in [0, 0.05) is 19.8 Å². The van der Waals surface area contributed by atoms with E-state index < -0.39 is 0 Å². The molecule has 22 heavy (non-hydrogen) atoms. The summed E-state index contributed by atoms with van der Waals surface area (Å²) in [4.78, 5) is 10.2. The third-order valence-electron chi connectivity index (χ3n) is 3.73. The molecule has 0 atom stereocenters. The maximum absolute atomic E-state index is 9.00. The fourth-order valence-electron chi connectivity index (χ4n) is 2.71. The largest absolute Gasteiger partial charge is 0.342 e. The first kappa shape index (κ1) is 14.4. The van der Waals surface area contributed by atoms with E-state index in [4.69, 9.17) is 5.26 Å². The van der Waals surface area contributed by atoms with Crippen molar-refractivity contribution in [2.45, 2.75) is 20.0 Å². The molecule has 2 aromatic heterocycles. The number of nitrogens with zero attached hydrogens (tertiary/aromatic N) is 4. The summed E-state index contributed by atoms with van der Waals surface area (Å²) in [7, 11) is 3.95. The summed E-state index contributed by atoms with van der Waals surface area (Å²) in [6.45, 7) is 3.60. The molecule has 3 rings (SSSR count). The number of rotatable bonds is 4. The zero-order valence-electron chi connectivity index (χ0n) is 13.1. The van der Waals surface area contributed by atoms with Crippen molar-refractivity contribution < 1.29 is 0 Å². The predicted molar refractivity (Wildman–Crippen MR) is 86.1 cm³/mol. The van der Waals surface area contributed by atoms with E-state index in [9.17, 15) is 0 Å². The van der Waals surface area contributed by atoms with Crippen LogP contribution in [0.15, 0.2) is 30.5 Å². The zero-order valence-corrected chi connectivity index (χ0v) is 13.1. The Morgan fingerprint density at radius 3 is 2.86 bits per heavy atom. The van der Waals surface area contributed by atoms with Gasteiger partial charge in [0.05, 0.1) is 17.6 Å². The molecule has 2 heterocycles. The van der Waals surface area contributed by atoms with Crippen molar-refractivity contribution in [2.24, 2.45) is 7.05 Å². The molecule has 0 aliphatic rings. The monoisotopic (exact) mass is 293 g/mol. The van der Waals surface area contributed by atoms with E-state index in [0.29, 0.717) is 5.69 Å². The second kappa shape index (κ2) is 5.66. The number of H-pyrrole nitrogens is 1. The second-order valence-electron chi connectivity index (χ2n) is 5.83. The standard InChI is InChI=1S/C17H19N5/c1-12-4-5-15-16(6-12)20-17(19-15)11-21(2)9-13-7-14(8-18)22(3)10-13/h4-7,10H,9,11H2,1-3H3,(H,19,20). The lowest BCUT2D eigenvalue weighted by atomic mass is 10.2. The highest BCUT2D eigenvalue weighted by Gasteiger charge is 2.09. The van der Waals surface area contributed by atoms with Crippen LogP contribution in [0.5, 0.6) is 0 Å². The Labute approximate surface area is 129 Å². The van der Waals surface area contributed by atoms with E-state index in [1.807, 2.05) is 29.9 Å². The summed E-state index contributed by atoms with van der Waals surface area (Å²) in [5.41, 5.74) is 5.12. The molecular formula is C17H19N5. The van der Waals surface area contributed by atoms with Gasteiger partial charge in [-0.05, 0) is 43.3 Å². The van der Waals surface area contributed by atoms with Crippen LogP contribution in [0, 0.1) is 18.3 Å². The van der Waals surface area contributed by atoms with Crippen molar-refractivity contribution in [3.8, 4) is 6.07 Å². The van der Waals surface area contributed by atoms with Crippen molar-refractivity contribution in [1.29, 1.82) is 5.26 Å². The number of hydrogen-bond donors (Lipinski definition) is 1. The average Bonchev–Trinajstić information content (AvgIpc) is 3.00. The molecule has 0 saturated carbocycles. The van der Waals surface area contributed by atoms with Crippen LogP contribution in [0.1, 0.15) is 22.6 Å². The highest BCUT2D eigenvalue weighted by atomic mass is 15.1. The molecule has 1 N–H and O–H groups in total. The lowest BCUT2D eigenvalue weighted by Gasteiger charge is -2.13. The molecule has 0 saturated heterocycles. The Balaban J connectivity index is 1.72. The van der Waals surface area contributed by atoms with Crippen LogP contribution in [0.3, 0.4) is 0 Å². The van der Waals surface area contributed by atoms with Crippen LogP contribution in [0.2, 0.25) is 0 Å². The molecule has 0 bridgehead atoms. The van der Waals surface area contributed by atoms with Gasteiger partial charge in [-0.1, -0.05) is 6.07 Å². The first-order chi connectivity index (χ1) is 10.5. The van der Waals surface area contributed by atoms with Crippen LogP contribution in [0.4, 0.5) is 0 Å². The fourth-order valence-corrected chi connectivity index (χ4v) is 2.71. The molecule has 112 valence electrons. The number of imidazole rings is 1. The topological polar surface area (TPSA) is 60.6 Å². The number of aryl methyl sites for hydroxylation is 2. The summed E-state index contributed by atoms with van der Waals surface area (Å²) in [5, 5.41) is 9.00. The molecule has 0 fully saturated rings. The summed E-state index contributed by atoms with van der Waals surface area (Å²) < 4.78 is 1.85. The van der Waals surface area contributed by atoms with Gasteiger partial charge in [0.2, 0.25) is 0 Å². The molecule has 5 heteroatoms. The number of fused-ring (bicyclic) bond motifs is 1. The quantitative estimate of drug-likeness (QED) is 0.804. The zero-order chi connectivity index (χ0) is 15.7. The Morgan fingerprint density at radius 2 is 2.14 bits per heavy atom. The molecule has 0 unspecified atom stereocenters. The minimum atomic E-state index is 0.683. The maximum atomic E-state index is 9.00. The van der Waals surface area contributed by atoms with E-state index >= 15 is 0 Å². The minimum absolute atomic E-state index is 0.683. The van der Waals surface area contributed by atoms with Gasteiger partial charge >= 0.3 is 0 Å². The van der Waals surface area contributed by atoms with E-state index in [1.165, 1.54) is 5.56 Å². The Morgan fingerprint density at radius 1 is 1.32 bits per heavy atom. The molecule has 3 aromatic rings. The number of nitrogens with one attached hydrogen (secondary N) is 1. The highest BCUT2D eigenvalue weighted by Crippen LogP contribution is 2.15. The van der Waals surface area contributed by atoms with E-state index in [2.05, 4.69) is 47.0 Å². The van der Waals surface area contributed by atoms with Gasteiger partial charge in [0.15, 0.2) is 0 Å². The van der Waals surface area contributed by atoms with Gasteiger partial charge < -0.3 is 9.55 Å². The van der Waals surface area contributed by atoms with Gasteiger partial charge in [0.25, 0.3) is 0 Å². The van der Waals surface area contributed by atoms with Crippen molar-refractivity contribution in [1.82, 2.24) is 19.4 Å². The van der Waals surface area contributed by atoms with Crippen molar-refractivity contribution in [2.75, 3.05) is 7.05 Å². The third-order valence-corrected chi connectivity index (χ3v) is 3.73. The average molecular weight is 293 g/mol. The van der Waals surface area contributed by atoms with E-state index in [1.54, 1.807) is 0 Å².